The first-order valence-electron chi connectivity index (χ1n) is 5.31. The van der Waals surface area contributed by atoms with Gasteiger partial charge in [-0.2, -0.15) is 0 Å². The Labute approximate surface area is 99.9 Å². The van der Waals surface area contributed by atoms with Crippen LogP contribution in [0.15, 0.2) is 18.2 Å². The van der Waals surface area contributed by atoms with Crippen molar-refractivity contribution in [1.82, 2.24) is 0 Å². The van der Waals surface area contributed by atoms with E-state index in [9.17, 15) is 5.11 Å². The van der Waals surface area contributed by atoms with E-state index in [4.69, 9.17) is 21.1 Å². The third-order valence-electron chi connectivity index (χ3n) is 2.93. The molecule has 3 nitrogen and oxygen atoms in total. The average Bonchev–Trinajstić information content (AvgIpc) is 2.82. The fourth-order valence-electron chi connectivity index (χ4n) is 1.93. The third-order valence-corrected chi connectivity index (χ3v) is 3.24. The zero-order valence-corrected chi connectivity index (χ0v) is 9.91. The second-order valence-electron chi connectivity index (χ2n) is 3.96. The molecule has 1 aliphatic heterocycles. The van der Waals surface area contributed by atoms with Crippen LogP contribution in [-0.2, 0) is 4.74 Å². The van der Waals surface area contributed by atoms with Gasteiger partial charge in [0, 0.05) is 12.5 Å². The molecule has 16 heavy (non-hydrogen) atoms. The highest BCUT2D eigenvalue weighted by molar-refractivity contribution is 6.32. The van der Waals surface area contributed by atoms with Crippen molar-refractivity contribution in [3.8, 4) is 5.75 Å². The minimum absolute atomic E-state index is 0.172. The molecule has 0 bridgehead atoms. The number of rotatable bonds is 3. The zero-order valence-electron chi connectivity index (χ0n) is 9.15. The molecule has 2 rings (SSSR count). The van der Waals surface area contributed by atoms with E-state index in [1.54, 1.807) is 19.2 Å². The Bertz CT molecular complexity index is 361. The summed E-state index contributed by atoms with van der Waals surface area (Å²) in [5, 5.41) is 10.7. The van der Waals surface area contributed by atoms with Gasteiger partial charge in [-0.3, -0.25) is 0 Å². The van der Waals surface area contributed by atoms with Gasteiger partial charge < -0.3 is 14.6 Å². The molecule has 2 atom stereocenters. The number of halogens is 1. The molecule has 0 amide bonds. The SMILES string of the molecule is COc1cc(C(O)C2CCOC2)ccc1Cl. The Morgan fingerprint density at radius 1 is 1.56 bits per heavy atom. The lowest BCUT2D eigenvalue weighted by molar-refractivity contribution is 0.0916. The van der Waals surface area contributed by atoms with Gasteiger partial charge in [0.25, 0.3) is 0 Å². The molecule has 0 spiro atoms. The van der Waals surface area contributed by atoms with Crippen LogP contribution in [0.1, 0.15) is 18.1 Å². The fraction of sp³-hybridized carbons (Fsp3) is 0.500. The lowest BCUT2D eigenvalue weighted by Gasteiger charge is -2.17. The average molecular weight is 243 g/mol. The molecule has 0 radical (unpaired) electrons. The molecule has 1 heterocycles. The molecule has 1 aliphatic rings. The second-order valence-corrected chi connectivity index (χ2v) is 4.37. The van der Waals surface area contributed by atoms with Crippen LogP contribution in [-0.4, -0.2) is 25.4 Å². The molecule has 1 aromatic rings. The molecule has 1 fully saturated rings. The van der Waals surface area contributed by atoms with Crippen molar-refractivity contribution >= 4 is 11.6 Å². The Morgan fingerprint density at radius 3 is 3.00 bits per heavy atom. The first-order valence-corrected chi connectivity index (χ1v) is 5.69. The topological polar surface area (TPSA) is 38.7 Å². The normalized spacial score (nSPS) is 22.1. The van der Waals surface area contributed by atoms with Gasteiger partial charge in [-0.05, 0) is 24.1 Å². The highest BCUT2D eigenvalue weighted by Crippen LogP contribution is 2.33. The first-order chi connectivity index (χ1) is 7.72. The maximum atomic E-state index is 10.2. The molecule has 0 aromatic heterocycles. The summed E-state index contributed by atoms with van der Waals surface area (Å²) >= 11 is 5.93. The molecular formula is C12H15ClO3. The number of hydrogen-bond acceptors (Lipinski definition) is 3. The van der Waals surface area contributed by atoms with Gasteiger partial charge in [-0.25, -0.2) is 0 Å². The molecule has 1 saturated heterocycles. The van der Waals surface area contributed by atoms with Crippen molar-refractivity contribution in [3.63, 3.8) is 0 Å². The second kappa shape index (κ2) is 5.04. The van der Waals surface area contributed by atoms with Crippen molar-refractivity contribution < 1.29 is 14.6 Å². The highest BCUT2D eigenvalue weighted by Gasteiger charge is 2.25. The van der Waals surface area contributed by atoms with Gasteiger partial charge in [0.15, 0.2) is 0 Å². The number of benzene rings is 1. The van der Waals surface area contributed by atoms with E-state index in [0.29, 0.717) is 17.4 Å². The van der Waals surface area contributed by atoms with Crippen LogP contribution < -0.4 is 4.74 Å². The predicted octanol–water partition coefficient (Wildman–Crippen LogP) is 2.42. The predicted molar refractivity (Wildman–Crippen MR) is 61.9 cm³/mol. The minimum Gasteiger partial charge on any atom is -0.495 e. The monoisotopic (exact) mass is 242 g/mol. The molecule has 0 saturated carbocycles. The van der Waals surface area contributed by atoms with Crippen LogP contribution in [0.25, 0.3) is 0 Å². The largest absolute Gasteiger partial charge is 0.495 e. The summed E-state index contributed by atoms with van der Waals surface area (Å²) in [6.45, 7) is 1.35. The number of methoxy groups -OCH3 is 1. The van der Waals surface area contributed by atoms with E-state index in [1.807, 2.05) is 6.07 Å². The van der Waals surface area contributed by atoms with Crippen molar-refractivity contribution in [2.75, 3.05) is 20.3 Å². The fourth-order valence-corrected chi connectivity index (χ4v) is 2.13. The highest BCUT2D eigenvalue weighted by atomic mass is 35.5. The standard InChI is InChI=1S/C12H15ClO3/c1-15-11-6-8(2-3-10(11)13)12(14)9-4-5-16-7-9/h2-3,6,9,12,14H,4-5,7H2,1H3. The van der Waals surface area contributed by atoms with E-state index in [-0.39, 0.29) is 5.92 Å². The Morgan fingerprint density at radius 2 is 2.38 bits per heavy atom. The molecule has 88 valence electrons. The van der Waals surface area contributed by atoms with Crippen LogP contribution in [0.5, 0.6) is 5.75 Å². The summed E-state index contributed by atoms with van der Waals surface area (Å²) in [7, 11) is 1.57. The van der Waals surface area contributed by atoms with Gasteiger partial charge >= 0.3 is 0 Å². The minimum atomic E-state index is -0.506. The van der Waals surface area contributed by atoms with E-state index in [0.717, 1.165) is 18.6 Å². The van der Waals surface area contributed by atoms with E-state index in [1.165, 1.54) is 0 Å². The summed E-state index contributed by atoms with van der Waals surface area (Å²) in [5.74, 6) is 0.767. The quantitative estimate of drug-likeness (QED) is 0.885. The summed E-state index contributed by atoms with van der Waals surface area (Å²) in [6, 6.07) is 5.36. The summed E-state index contributed by atoms with van der Waals surface area (Å²) in [5.41, 5.74) is 0.830. The Hall–Kier alpha value is -0.770. The number of hydrogen-bond donors (Lipinski definition) is 1. The van der Waals surface area contributed by atoms with Gasteiger partial charge in [0.2, 0.25) is 0 Å². The van der Waals surface area contributed by atoms with E-state index < -0.39 is 6.10 Å². The molecular weight excluding hydrogens is 228 g/mol. The van der Waals surface area contributed by atoms with Crippen LogP contribution in [0.2, 0.25) is 5.02 Å². The van der Waals surface area contributed by atoms with E-state index >= 15 is 0 Å². The molecule has 1 N–H and O–H groups in total. The van der Waals surface area contributed by atoms with Crippen LogP contribution in [0.3, 0.4) is 0 Å². The Kier molecular flexibility index (Phi) is 3.69. The van der Waals surface area contributed by atoms with Crippen molar-refractivity contribution in [2.24, 2.45) is 5.92 Å². The Balaban J connectivity index is 2.19. The number of aliphatic hydroxyl groups excluding tert-OH is 1. The maximum absolute atomic E-state index is 10.2. The third kappa shape index (κ3) is 2.32. The molecule has 0 aliphatic carbocycles. The first kappa shape index (κ1) is 11.7. The lowest BCUT2D eigenvalue weighted by Crippen LogP contribution is -2.12. The van der Waals surface area contributed by atoms with Crippen molar-refractivity contribution in [2.45, 2.75) is 12.5 Å². The van der Waals surface area contributed by atoms with Crippen LogP contribution >= 0.6 is 11.6 Å². The van der Waals surface area contributed by atoms with Gasteiger partial charge in [-0.15, -0.1) is 0 Å². The smallest absolute Gasteiger partial charge is 0.137 e. The molecule has 1 aromatic carbocycles. The lowest BCUT2D eigenvalue weighted by atomic mass is 9.95. The maximum Gasteiger partial charge on any atom is 0.137 e. The van der Waals surface area contributed by atoms with Gasteiger partial charge in [-0.1, -0.05) is 17.7 Å². The van der Waals surface area contributed by atoms with Crippen molar-refractivity contribution in [3.05, 3.63) is 28.8 Å². The molecule has 2 unspecified atom stereocenters. The summed E-state index contributed by atoms with van der Waals surface area (Å²) in [4.78, 5) is 0. The van der Waals surface area contributed by atoms with Gasteiger partial charge in [0.1, 0.15) is 5.75 Å². The number of ether oxygens (including phenoxy) is 2. The van der Waals surface area contributed by atoms with E-state index in [2.05, 4.69) is 0 Å². The molecule has 4 heteroatoms. The summed E-state index contributed by atoms with van der Waals surface area (Å²) in [6.07, 6.45) is 0.389. The van der Waals surface area contributed by atoms with Crippen LogP contribution in [0, 0.1) is 5.92 Å². The van der Waals surface area contributed by atoms with Gasteiger partial charge in [0.05, 0.1) is 24.8 Å². The van der Waals surface area contributed by atoms with Crippen molar-refractivity contribution in [1.29, 1.82) is 0 Å². The summed E-state index contributed by atoms with van der Waals surface area (Å²) < 4.78 is 10.4. The number of aliphatic hydroxyl groups is 1. The zero-order chi connectivity index (χ0) is 11.5. The van der Waals surface area contributed by atoms with Crippen LogP contribution in [0.4, 0.5) is 0 Å².